The number of carboxylic acid groups (broad SMARTS) is 1. The Kier molecular flexibility index (Phi) is 2.98. The van der Waals surface area contributed by atoms with E-state index in [9.17, 15) is 9.90 Å². The molecule has 1 aromatic carbocycles. The second-order valence-corrected chi connectivity index (χ2v) is 3.96. The predicted octanol–water partition coefficient (Wildman–Crippen LogP) is 3.36. The van der Waals surface area contributed by atoms with Crippen molar-refractivity contribution < 1.29 is 19.1 Å². The number of carboxylic acids is 1. The Bertz CT molecular complexity index is 586. The largest absolute Gasteiger partial charge is 0.494 e. The molecule has 5 heteroatoms. The lowest BCUT2D eigenvalue weighted by Gasteiger charge is -2.07. The number of rotatable bonds is 3. The van der Waals surface area contributed by atoms with Crippen molar-refractivity contribution >= 4 is 28.5 Å². The molecule has 2 aromatic rings. The number of hydrogen-bond donors (Lipinski definition) is 1. The van der Waals surface area contributed by atoms with Gasteiger partial charge in [-0.3, -0.25) is 0 Å². The lowest BCUT2D eigenvalue weighted by molar-refractivity contribution is 0.0694. The number of ether oxygens (including phenoxy) is 1. The van der Waals surface area contributed by atoms with Crippen LogP contribution in [0.5, 0.6) is 5.75 Å². The number of fused-ring (bicyclic) bond motifs is 1. The van der Waals surface area contributed by atoms with E-state index in [0.29, 0.717) is 23.2 Å². The van der Waals surface area contributed by atoms with Crippen LogP contribution in [0, 0.1) is 0 Å². The maximum atomic E-state index is 11.2. The highest BCUT2D eigenvalue weighted by Gasteiger charge is 2.22. The maximum Gasteiger partial charge on any atom is 0.343 e. The van der Waals surface area contributed by atoms with Gasteiger partial charge in [0.15, 0.2) is 11.3 Å². The summed E-state index contributed by atoms with van der Waals surface area (Å²) in [6.45, 7) is 1.93. The first kappa shape index (κ1) is 11.8. The van der Waals surface area contributed by atoms with Gasteiger partial charge < -0.3 is 14.3 Å². The highest BCUT2D eigenvalue weighted by Crippen LogP contribution is 2.37. The van der Waals surface area contributed by atoms with Gasteiger partial charge in [-0.25, -0.2) is 4.79 Å². The van der Waals surface area contributed by atoms with Crippen molar-refractivity contribution in [3.8, 4) is 5.75 Å². The molecule has 4 nitrogen and oxygen atoms in total. The fraction of sp³-hybridized carbons (Fsp3) is 0.250. The highest BCUT2D eigenvalue weighted by atomic mass is 35.5. The van der Waals surface area contributed by atoms with Crippen LogP contribution in [-0.4, -0.2) is 18.2 Å². The van der Waals surface area contributed by atoms with Crippen molar-refractivity contribution in [1.82, 2.24) is 0 Å². The summed E-state index contributed by atoms with van der Waals surface area (Å²) in [5, 5.41) is 10.1. The molecule has 0 radical (unpaired) electrons. The zero-order valence-corrected chi connectivity index (χ0v) is 10.2. The normalized spacial score (nSPS) is 10.8. The monoisotopic (exact) mass is 254 g/mol. The zero-order chi connectivity index (χ0) is 12.6. The molecule has 17 heavy (non-hydrogen) atoms. The second-order valence-electron chi connectivity index (χ2n) is 3.56. The molecule has 0 unspecified atom stereocenters. The first-order valence-electron chi connectivity index (χ1n) is 5.10. The molecule has 0 aliphatic rings. The minimum atomic E-state index is -1.12. The minimum Gasteiger partial charge on any atom is -0.494 e. The molecule has 1 aromatic heterocycles. The maximum absolute atomic E-state index is 11.2. The van der Waals surface area contributed by atoms with Gasteiger partial charge in [-0.2, -0.15) is 0 Å². The molecule has 0 fully saturated rings. The summed E-state index contributed by atoms with van der Waals surface area (Å²) in [5.74, 6) is -0.276. The van der Waals surface area contributed by atoms with Gasteiger partial charge in [-0.1, -0.05) is 18.5 Å². The van der Waals surface area contributed by atoms with Gasteiger partial charge in [-0.15, -0.1) is 0 Å². The number of benzene rings is 1. The Hall–Kier alpha value is -1.68. The molecular formula is C12H11ClO4. The topological polar surface area (TPSA) is 59.7 Å². The van der Waals surface area contributed by atoms with Crippen LogP contribution in [0.4, 0.5) is 0 Å². The van der Waals surface area contributed by atoms with Gasteiger partial charge in [0.25, 0.3) is 0 Å². The Balaban J connectivity index is 2.85. The lowest BCUT2D eigenvalue weighted by atomic mass is 10.1. The summed E-state index contributed by atoms with van der Waals surface area (Å²) >= 11 is 5.98. The number of furan rings is 1. The summed E-state index contributed by atoms with van der Waals surface area (Å²) in [6.07, 6.45) is 0.688. The second kappa shape index (κ2) is 4.30. The molecule has 0 saturated heterocycles. The first-order valence-corrected chi connectivity index (χ1v) is 5.48. The molecule has 0 bridgehead atoms. The third kappa shape index (κ3) is 1.85. The molecule has 0 amide bonds. The third-order valence-electron chi connectivity index (χ3n) is 2.53. The van der Waals surface area contributed by atoms with Crippen LogP contribution in [0.2, 0.25) is 5.02 Å². The molecule has 90 valence electrons. The van der Waals surface area contributed by atoms with Crippen molar-refractivity contribution in [3.63, 3.8) is 0 Å². The number of aryl methyl sites for hydroxylation is 1. The van der Waals surface area contributed by atoms with Crippen LogP contribution in [0.3, 0.4) is 0 Å². The molecular weight excluding hydrogens is 244 g/mol. The summed E-state index contributed by atoms with van der Waals surface area (Å²) in [7, 11) is 1.38. The number of halogens is 1. The standard InChI is InChI=1S/C12H11ClO4/c1-3-7-4-6-5-8(13)11(16-2)9(12(14)15)10(6)17-7/h4-5H,3H2,1-2H3,(H,14,15). The molecule has 0 aliphatic heterocycles. The summed E-state index contributed by atoms with van der Waals surface area (Å²) in [4.78, 5) is 11.2. The Morgan fingerprint density at radius 1 is 1.53 bits per heavy atom. The van der Waals surface area contributed by atoms with E-state index in [2.05, 4.69) is 0 Å². The summed E-state index contributed by atoms with van der Waals surface area (Å²) in [5.41, 5.74) is 0.269. The fourth-order valence-corrected chi connectivity index (χ4v) is 2.04. The van der Waals surface area contributed by atoms with Gasteiger partial charge >= 0.3 is 5.97 Å². The van der Waals surface area contributed by atoms with E-state index in [-0.39, 0.29) is 16.3 Å². The molecule has 1 N–H and O–H groups in total. The van der Waals surface area contributed by atoms with Gasteiger partial charge in [0.1, 0.15) is 11.3 Å². The van der Waals surface area contributed by atoms with Crippen LogP contribution < -0.4 is 4.74 Å². The number of aromatic carboxylic acids is 1. The fourth-order valence-electron chi connectivity index (χ4n) is 1.75. The molecule has 0 atom stereocenters. The van der Waals surface area contributed by atoms with E-state index in [1.165, 1.54) is 7.11 Å². The number of methoxy groups -OCH3 is 1. The minimum absolute atomic E-state index is 0.0327. The van der Waals surface area contributed by atoms with Crippen molar-refractivity contribution in [3.05, 3.63) is 28.5 Å². The van der Waals surface area contributed by atoms with E-state index < -0.39 is 5.97 Å². The van der Waals surface area contributed by atoms with Crippen LogP contribution in [-0.2, 0) is 6.42 Å². The molecule has 0 spiro atoms. The Labute approximate surface area is 103 Å². The van der Waals surface area contributed by atoms with Gasteiger partial charge in [0.05, 0.1) is 12.1 Å². The van der Waals surface area contributed by atoms with Crippen molar-refractivity contribution in [2.75, 3.05) is 7.11 Å². The zero-order valence-electron chi connectivity index (χ0n) is 9.41. The van der Waals surface area contributed by atoms with Crippen LogP contribution in [0.25, 0.3) is 11.0 Å². The highest BCUT2D eigenvalue weighted by molar-refractivity contribution is 6.33. The number of carbonyl (C=O) groups is 1. The first-order chi connectivity index (χ1) is 8.08. The summed E-state index contributed by atoms with van der Waals surface area (Å²) < 4.78 is 10.5. The van der Waals surface area contributed by atoms with Crippen LogP contribution >= 0.6 is 11.6 Å². The number of hydrogen-bond acceptors (Lipinski definition) is 3. The van der Waals surface area contributed by atoms with Crippen LogP contribution in [0.1, 0.15) is 23.0 Å². The van der Waals surface area contributed by atoms with E-state index in [1.807, 2.05) is 6.92 Å². The van der Waals surface area contributed by atoms with E-state index in [4.69, 9.17) is 20.8 Å². The quantitative estimate of drug-likeness (QED) is 0.912. The molecule has 0 saturated carbocycles. The SMILES string of the molecule is CCc1cc2cc(Cl)c(OC)c(C(=O)O)c2o1. The summed E-state index contributed by atoms with van der Waals surface area (Å²) in [6, 6.07) is 3.43. The van der Waals surface area contributed by atoms with Gasteiger partial charge in [-0.05, 0) is 12.1 Å². The van der Waals surface area contributed by atoms with Gasteiger partial charge in [0.2, 0.25) is 0 Å². The van der Waals surface area contributed by atoms with E-state index in [1.54, 1.807) is 12.1 Å². The molecule has 0 aliphatic carbocycles. The van der Waals surface area contributed by atoms with Crippen molar-refractivity contribution in [1.29, 1.82) is 0 Å². The smallest absolute Gasteiger partial charge is 0.343 e. The Morgan fingerprint density at radius 3 is 2.76 bits per heavy atom. The average Bonchev–Trinajstić information content (AvgIpc) is 2.68. The van der Waals surface area contributed by atoms with Gasteiger partial charge in [0, 0.05) is 11.8 Å². The molecule has 2 rings (SSSR count). The Morgan fingerprint density at radius 2 is 2.24 bits per heavy atom. The van der Waals surface area contributed by atoms with E-state index >= 15 is 0 Å². The average molecular weight is 255 g/mol. The predicted molar refractivity (Wildman–Crippen MR) is 64.1 cm³/mol. The van der Waals surface area contributed by atoms with Crippen LogP contribution in [0.15, 0.2) is 16.5 Å². The van der Waals surface area contributed by atoms with E-state index in [0.717, 1.165) is 0 Å². The lowest BCUT2D eigenvalue weighted by Crippen LogP contribution is -2.01. The third-order valence-corrected chi connectivity index (χ3v) is 2.81. The van der Waals surface area contributed by atoms with Crippen molar-refractivity contribution in [2.24, 2.45) is 0 Å². The van der Waals surface area contributed by atoms with Crippen molar-refractivity contribution in [2.45, 2.75) is 13.3 Å². The molecule has 1 heterocycles.